The van der Waals surface area contributed by atoms with E-state index in [1.54, 1.807) is 0 Å². The number of carboxylic acids is 1. The van der Waals surface area contributed by atoms with Gasteiger partial charge in [-0.2, -0.15) is 0 Å². The molecule has 0 radical (unpaired) electrons. The molecule has 1 aliphatic rings. The predicted octanol–water partition coefficient (Wildman–Crippen LogP) is 4.78. The normalized spacial score (nSPS) is 16.4. The first-order valence-electron chi connectivity index (χ1n) is 9.39. The molecule has 1 aliphatic heterocycles. The number of nitrogens with zero attached hydrogens (tertiary/aromatic N) is 1. The summed E-state index contributed by atoms with van der Waals surface area (Å²) in [6, 6.07) is 7.60. The van der Waals surface area contributed by atoms with Crippen LogP contribution in [0.5, 0.6) is 5.75 Å². The number of oxime groups is 1. The van der Waals surface area contributed by atoms with Crippen molar-refractivity contribution in [1.82, 2.24) is 0 Å². The van der Waals surface area contributed by atoms with Gasteiger partial charge in [-0.15, -0.1) is 0 Å². The number of unbranched alkanes of at least 4 members (excludes halogenated alkanes) is 7. The van der Waals surface area contributed by atoms with E-state index in [2.05, 4.69) is 12.1 Å². The molecule has 0 aromatic heterocycles. The van der Waals surface area contributed by atoms with E-state index in [0.29, 0.717) is 12.1 Å². The summed E-state index contributed by atoms with van der Waals surface area (Å²) < 4.78 is 5.76. The molecule has 0 fully saturated rings. The highest BCUT2D eigenvalue weighted by Crippen LogP contribution is 2.20. The Bertz CT molecular complexity index is 553. The van der Waals surface area contributed by atoms with Crippen molar-refractivity contribution in [1.29, 1.82) is 0 Å². The summed E-state index contributed by atoms with van der Waals surface area (Å²) in [5.41, 5.74) is 1.55. The van der Waals surface area contributed by atoms with Crippen LogP contribution in [0.1, 0.15) is 70.3 Å². The van der Waals surface area contributed by atoms with E-state index in [1.807, 2.05) is 24.3 Å². The highest BCUT2D eigenvalue weighted by atomic mass is 16.7. The van der Waals surface area contributed by atoms with E-state index in [-0.39, 0.29) is 0 Å². The van der Waals surface area contributed by atoms with Crippen molar-refractivity contribution in [3.8, 4) is 5.75 Å². The van der Waals surface area contributed by atoms with Gasteiger partial charge in [0.15, 0.2) is 0 Å². The van der Waals surface area contributed by atoms with Gasteiger partial charge in [-0.1, -0.05) is 57.0 Å². The van der Waals surface area contributed by atoms with Crippen molar-refractivity contribution < 1.29 is 19.5 Å². The van der Waals surface area contributed by atoms with E-state index < -0.39 is 12.1 Å². The number of hydrogen-bond donors (Lipinski definition) is 1. The minimum absolute atomic E-state index is 0.299. The maximum atomic E-state index is 10.9. The zero-order chi connectivity index (χ0) is 17.9. The van der Waals surface area contributed by atoms with Gasteiger partial charge < -0.3 is 14.7 Å². The van der Waals surface area contributed by atoms with Crippen LogP contribution in [0.25, 0.3) is 0 Å². The van der Waals surface area contributed by atoms with Crippen LogP contribution in [0.4, 0.5) is 0 Å². The Morgan fingerprint density at radius 1 is 1.12 bits per heavy atom. The van der Waals surface area contributed by atoms with Crippen LogP contribution in [-0.4, -0.2) is 29.5 Å². The molecule has 5 nitrogen and oxygen atoms in total. The van der Waals surface area contributed by atoms with Gasteiger partial charge in [0.25, 0.3) is 0 Å². The molecule has 0 saturated carbocycles. The van der Waals surface area contributed by atoms with Crippen LogP contribution in [0.15, 0.2) is 29.4 Å². The van der Waals surface area contributed by atoms with Crippen molar-refractivity contribution in [3.05, 3.63) is 29.8 Å². The van der Waals surface area contributed by atoms with Gasteiger partial charge in [-0.3, -0.25) is 0 Å². The summed E-state index contributed by atoms with van der Waals surface area (Å²) in [7, 11) is 0. The first-order chi connectivity index (χ1) is 12.2. The van der Waals surface area contributed by atoms with Gasteiger partial charge in [0.05, 0.1) is 12.3 Å². The number of benzene rings is 1. The third-order valence-corrected chi connectivity index (χ3v) is 4.40. The summed E-state index contributed by atoms with van der Waals surface area (Å²) >= 11 is 0. The number of hydrogen-bond acceptors (Lipinski definition) is 4. The first kappa shape index (κ1) is 19.3. The molecule has 25 heavy (non-hydrogen) atoms. The molecule has 0 bridgehead atoms. The maximum absolute atomic E-state index is 10.9. The van der Waals surface area contributed by atoms with Gasteiger partial charge >= 0.3 is 5.97 Å². The van der Waals surface area contributed by atoms with Crippen molar-refractivity contribution in [2.75, 3.05) is 6.61 Å². The Morgan fingerprint density at radius 3 is 2.36 bits per heavy atom. The second-order valence-corrected chi connectivity index (χ2v) is 6.52. The molecule has 0 spiro atoms. The number of carbonyl (C=O) groups is 1. The Labute approximate surface area is 150 Å². The van der Waals surface area contributed by atoms with E-state index in [4.69, 9.17) is 14.7 Å². The quantitative estimate of drug-likeness (QED) is 0.552. The third kappa shape index (κ3) is 6.77. The smallest absolute Gasteiger partial charge is 0.348 e. The molecular weight excluding hydrogens is 318 g/mol. The van der Waals surface area contributed by atoms with Crippen molar-refractivity contribution in [2.45, 2.75) is 70.8 Å². The van der Waals surface area contributed by atoms with Crippen molar-refractivity contribution in [2.24, 2.45) is 5.16 Å². The van der Waals surface area contributed by atoms with E-state index in [1.165, 1.54) is 44.9 Å². The molecule has 0 aliphatic carbocycles. The summed E-state index contributed by atoms with van der Waals surface area (Å²) in [5, 5.41) is 12.8. The Balaban J connectivity index is 1.60. The van der Waals surface area contributed by atoms with Gasteiger partial charge in [-0.05, 0) is 36.2 Å². The molecule has 5 heteroatoms. The fourth-order valence-electron chi connectivity index (χ4n) is 2.85. The van der Waals surface area contributed by atoms with Crippen molar-refractivity contribution in [3.63, 3.8) is 0 Å². The number of aliphatic carboxylic acids is 1. The predicted molar refractivity (Wildman–Crippen MR) is 98.2 cm³/mol. The highest BCUT2D eigenvalue weighted by Gasteiger charge is 2.28. The molecule has 1 unspecified atom stereocenters. The summed E-state index contributed by atoms with van der Waals surface area (Å²) in [5.74, 6) is -0.148. The second kappa shape index (κ2) is 10.7. The van der Waals surface area contributed by atoms with E-state index >= 15 is 0 Å². The minimum Gasteiger partial charge on any atom is -0.494 e. The van der Waals surface area contributed by atoms with E-state index in [0.717, 1.165) is 24.3 Å². The van der Waals surface area contributed by atoms with Gasteiger partial charge in [-0.25, -0.2) is 4.79 Å². The Morgan fingerprint density at radius 2 is 1.76 bits per heavy atom. The van der Waals surface area contributed by atoms with Crippen LogP contribution in [0.2, 0.25) is 0 Å². The maximum Gasteiger partial charge on any atom is 0.348 e. The van der Waals surface area contributed by atoms with E-state index in [9.17, 15) is 4.79 Å². The average molecular weight is 347 g/mol. The topological polar surface area (TPSA) is 68.1 Å². The Hall–Kier alpha value is -2.04. The lowest BCUT2D eigenvalue weighted by Gasteiger charge is -2.07. The van der Waals surface area contributed by atoms with Crippen LogP contribution in [0, 0.1) is 0 Å². The Kier molecular flexibility index (Phi) is 8.29. The van der Waals surface area contributed by atoms with Gasteiger partial charge in [0.1, 0.15) is 5.75 Å². The molecule has 1 atom stereocenters. The molecule has 0 amide bonds. The molecular formula is C20H29NO4. The largest absolute Gasteiger partial charge is 0.494 e. The number of carboxylic acid groups (broad SMARTS) is 1. The van der Waals surface area contributed by atoms with Crippen LogP contribution in [-0.2, 0) is 9.63 Å². The summed E-state index contributed by atoms with van der Waals surface area (Å²) in [4.78, 5) is 15.8. The fraction of sp³-hybridized carbons (Fsp3) is 0.600. The second-order valence-electron chi connectivity index (χ2n) is 6.52. The lowest BCUT2D eigenvalue weighted by molar-refractivity contribution is -0.148. The number of rotatable bonds is 12. The minimum atomic E-state index is -0.982. The van der Waals surface area contributed by atoms with Crippen LogP contribution in [0.3, 0.4) is 0 Å². The lowest BCUT2D eigenvalue weighted by atomic mass is 10.1. The monoisotopic (exact) mass is 347 g/mol. The molecule has 1 aromatic rings. The number of ether oxygens (including phenoxy) is 1. The zero-order valence-electron chi connectivity index (χ0n) is 15.1. The molecule has 1 aromatic carbocycles. The molecule has 1 N–H and O–H groups in total. The fourth-order valence-corrected chi connectivity index (χ4v) is 2.85. The third-order valence-electron chi connectivity index (χ3n) is 4.40. The van der Waals surface area contributed by atoms with Gasteiger partial charge in [0, 0.05) is 6.42 Å². The molecule has 2 rings (SSSR count). The van der Waals surface area contributed by atoms with Crippen molar-refractivity contribution >= 4 is 11.7 Å². The zero-order valence-corrected chi connectivity index (χ0v) is 15.1. The van der Waals surface area contributed by atoms with Gasteiger partial charge in [0.2, 0.25) is 6.10 Å². The van der Waals surface area contributed by atoms with Crippen LogP contribution >= 0.6 is 0 Å². The molecule has 138 valence electrons. The van der Waals surface area contributed by atoms with Crippen LogP contribution < -0.4 is 4.74 Å². The SMILES string of the molecule is CCCCCCCCCCOc1ccc(C2=NOC(C(=O)O)C2)cc1. The summed E-state index contributed by atoms with van der Waals surface area (Å²) in [6.45, 7) is 2.98. The standard InChI is InChI=1S/C20H29NO4/c1-2-3-4-5-6-7-8-9-14-24-17-12-10-16(11-13-17)18-15-19(20(22)23)25-21-18/h10-13,19H,2-9,14-15H2,1H3,(H,22,23). The lowest BCUT2D eigenvalue weighted by Crippen LogP contribution is -2.19. The first-order valence-corrected chi connectivity index (χ1v) is 9.39. The summed E-state index contributed by atoms with van der Waals surface area (Å²) in [6.07, 6.45) is 9.72. The average Bonchev–Trinajstić information content (AvgIpc) is 3.11. The molecule has 1 heterocycles. The highest BCUT2D eigenvalue weighted by molar-refractivity contribution is 6.03. The molecule has 0 saturated heterocycles.